The van der Waals surface area contributed by atoms with Crippen molar-refractivity contribution in [3.05, 3.63) is 35.4 Å². The zero-order chi connectivity index (χ0) is 13.8. The lowest BCUT2D eigenvalue weighted by Crippen LogP contribution is -2.35. The van der Waals surface area contributed by atoms with Crippen molar-refractivity contribution in [3.8, 4) is 11.5 Å². The lowest BCUT2D eigenvalue weighted by atomic mass is 10.1. The van der Waals surface area contributed by atoms with E-state index in [1.54, 1.807) is 12.0 Å². The molecule has 5 nitrogen and oxygen atoms in total. The van der Waals surface area contributed by atoms with Gasteiger partial charge in [-0.25, -0.2) is 0 Å². The van der Waals surface area contributed by atoms with Gasteiger partial charge in [0.15, 0.2) is 0 Å². The number of nitrogens with zero attached hydrogens (tertiary/aromatic N) is 1. The number of amides is 1. The summed E-state index contributed by atoms with van der Waals surface area (Å²) < 4.78 is 5.05. The van der Waals surface area contributed by atoms with Crippen LogP contribution in [0.15, 0.2) is 29.8 Å². The van der Waals surface area contributed by atoms with Crippen LogP contribution in [0.1, 0.15) is 16.8 Å². The first-order valence-electron chi connectivity index (χ1n) is 6.10. The second-order valence-electron chi connectivity index (χ2n) is 4.47. The maximum Gasteiger partial charge on any atom is 0.261 e. The zero-order valence-electron chi connectivity index (χ0n) is 10.8. The molecule has 0 fully saturated rings. The molecule has 0 aliphatic carbocycles. The quantitative estimate of drug-likeness (QED) is 0.811. The Bertz CT molecular complexity index is 490. The van der Waals surface area contributed by atoms with Crippen LogP contribution in [0.25, 0.3) is 0 Å². The Labute approximate surface area is 111 Å². The van der Waals surface area contributed by atoms with Crippen LogP contribution >= 0.6 is 0 Å². The number of hydrogen-bond acceptors (Lipinski definition) is 4. The van der Waals surface area contributed by atoms with Crippen molar-refractivity contribution in [3.63, 3.8) is 0 Å². The number of aromatic hydroxyl groups is 2. The summed E-state index contributed by atoms with van der Waals surface area (Å²) in [6.45, 7) is 1.59. The van der Waals surface area contributed by atoms with Gasteiger partial charge in [0, 0.05) is 20.2 Å². The molecule has 0 unspecified atom stereocenters. The maximum absolute atomic E-state index is 12.3. The maximum atomic E-state index is 12.3. The van der Waals surface area contributed by atoms with E-state index in [9.17, 15) is 15.0 Å². The average Bonchev–Trinajstić information content (AvgIpc) is 2.39. The second kappa shape index (κ2) is 5.75. The van der Waals surface area contributed by atoms with E-state index < -0.39 is 0 Å². The number of phenolic OH excluding ortho intramolecular Hbond substituents is 2. The fourth-order valence-corrected chi connectivity index (χ4v) is 2.12. The summed E-state index contributed by atoms with van der Waals surface area (Å²) in [7, 11) is 1.64. The molecule has 2 N–H and O–H groups in total. The Morgan fingerprint density at radius 3 is 2.58 bits per heavy atom. The van der Waals surface area contributed by atoms with Crippen LogP contribution in [0.2, 0.25) is 0 Å². The normalized spacial score (nSPS) is 15.2. The number of methoxy groups -OCH3 is 1. The minimum Gasteiger partial charge on any atom is -0.507 e. The first-order valence-corrected chi connectivity index (χ1v) is 6.10. The predicted molar refractivity (Wildman–Crippen MR) is 70.3 cm³/mol. The molecule has 0 aromatic heterocycles. The summed E-state index contributed by atoms with van der Waals surface area (Å²) in [5.74, 6) is -0.753. The number of hydrogen-bond donors (Lipinski definition) is 2. The average molecular weight is 263 g/mol. The lowest BCUT2D eigenvalue weighted by molar-refractivity contribution is 0.0758. The van der Waals surface area contributed by atoms with Crippen LogP contribution in [-0.2, 0) is 4.74 Å². The molecule has 1 aromatic rings. The highest BCUT2D eigenvalue weighted by molar-refractivity contribution is 5.99. The number of ether oxygens (including phenoxy) is 1. The van der Waals surface area contributed by atoms with Gasteiger partial charge in [0.1, 0.15) is 17.1 Å². The molecule has 1 heterocycles. The van der Waals surface area contributed by atoms with E-state index in [2.05, 4.69) is 0 Å². The molecule has 0 spiro atoms. The van der Waals surface area contributed by atoms with Crippen molar-refractivity contribution in [2.45, 2.75) is 6.42 Å². The number of benzene rings is 1. The second-order valence-corrected chi connectivity index (χ2v) is 4.47. The van der Waals surface area contributed by atoms with Crippen LogP contribution in [-0.4, -0.2) is 47.8 Å². The van der Waals surface area contributed by atoms with Crippen molar-refractivity contribution in [1.29, 1.82) is 0 Å². The molecule has 0 saturated carbocycles. The Hall–Kier alpha value is -2.01. The molecule has 102 valence electrons. The molecule has 1 aliphatic rings. The topological polar surface area (TPSA) is 70.0 Å². The summed E-state index contributed by atoms with van der Waals surface area (Å²) in [6.07, 6.45) is 2.69. The van der Waals surface area contributed by atoms with Gasteiger partial charge >= 0.3 is 0 Å². The highest BCUT2D eigenvalue weighted by atomic mass is 16.5. The number of rotatable bonds is 3. The summed E-state index contributed by atoms with van der Waals surface area (Å²) >= 11 is 0. The monoisotopic (exact) mass is 263 g/mol. The smallest absolute Gasteiger partial charge is 0.261 e. The Morgan fingerprint density at radius 1 is 1.37 bits per heavy atom. The third kappa shape index (κ3) is 2.88. The molecule has 0 radical (unpaired) electrons. The Morgan fingerprint density at radius 2 is 2.05 bits per heavy atom. The van der Waals surface area contributed by atoms with E-state index in [-0.39, 0.29) is 23.0 Å². The van der Waals surface area contributed by atoms with Gasteiger partial charge in [-0.15, -0.1) is 0 Å². The van der Waals surface area contributed by atoms with Crippen molar-refractivity contribution in [1.82, 2.24) is 4.90 Å². The molecular formula is C14H17NO4. The summed E-state index contributed by atoms with van der Waals surface area (Å²) in [5.41, 5.74) is 1.12. The number of carbonyl (C=O) groups is 1. The van der Waals surface area contributed by atoms with Crippen LogP contribution in [0.5, 0.6) is 11.5 Å². The molecule has 5 heteroatoms. The van der Waals surface area contributed by atoms with Gasteiger partial charge in [0.05, 0.1) is 6.61 Å². The van der Waals surface area contributed by atoms with E-state index in [0.717, 1.165) is 12.0 Å². The molecule has 0 bridgehead atoms. The first kappa shape index (κ1) is 13.4. The van der Waals surface area contributed by atoms with Gasteiger partial charge in [-0.1, -0.05) is 12.1 Å². The fourth-order valence-electron chi connectivity index (χ4n) is 2.12. The van der Waals surface area contributed by atoms with Crippen LogP contribution < -0.4 is 0 Å². The van der Waals surface area contributed by atoms with Crippen molar-refractivity contribution >= 4 is 5.91 Å². The van der Waals surface area contributed by atoms with Gasteiger partial charge < -0.3 is 19.8 Å². The molecule has 2 rings (SSSR count). The van der Waals surface area contributed by atoms with Crippen LogP contribution in [0, 0.1) is 0 Å². The van der Waals surface area contributed by atoms with E-state index >= 15 is 0 Å². The molecule has 19 heavy (non-hydrogen) atoms. The van der Waals surface area contributed by atoms with E-state index in [4.69, 9.17) is 4.74 Å². The van der Waals surface area contributed by atoms with Crippen molar-refractivity contribution in [2.75, 3.05) is 26.8 Å². The summed E-state index contributed by atoms with van der Waals surface area (Å²) in [4.78, 5) is 13.8. The van der Waals surface area contributed by atoms with E-state index in [0.29, 0.717) is 19.7 Å². The van der Waals surface area contributed by atoms with Crippen LogP contribution in [0.3, 0.4) is 0 Å². The molecule has 0 saturated heterocycles. The van der Waals surface area contributed by atoms with Crippen molar-refractivity contribution < 1.29 is 19.7 Å². The predicted octanol–water partition coefficient (Wildman–Crippen LogP) is 1.52. The molecule has 1 aliphatic heterocycles. The van der Waals surface area contributed by atoms with E-state index in [1.165, 1.54) is 18.2 Å². The summed E-state index contributed by atoms with van der Waals surface area (Å²) in [6, 6.07) is 4.28. The van der Waals surface area contributed by atoms with Gasteiger partial charge in [0.25, 0.3) is 5.91 Å². The highest BCUT2D eigenvalue weighted by Crippen LogP contribution is 2.28. The van der Waals surface area contributed by atoms with Gasteiger partial charge in [-0.2, -0.15) is 0 Å². The van der Waals surface area contributed by atoms with Crippen molar-refractivity contribution in [2.24, 2.45) is 0 Å². The minimum absolute atomic E-state index is 0.0360. The Kier molecular flexibility index (Phi) is 4.06. The molecule has 0 atom stereocenters. The third-order valence-corrected chi connectivity index (χ3v) is 3.15. The van der Waals surface area contributed by atoms with Crippen LogP contribution in [0.4, 0.5) is 0 Å². The first-order chi connectivity index (χ1) is 9.13. The largest absolute Gasteiger partial charge is 0.507 e. The SMILES string of the molecule is COCC1=CCN(C(=O)c2c(O)cccc2O)CC1. The molecular weight excluding hydrogens is 246 g/mol. The number of phenols is 2. The van der Waals surface area contributed by atoms with E-state index in [1.807, 2.05) is 6.08 Å². The zero-order valence-corrected chi connectivity index (χ0v) is 10.8. The standard InChI is InChI=1S/C14H17NO4/c1-19-9-10-5-7-15(8-6-10)14(18)13-11(16)3-2-4-12(13)17/h2-5,16-17H,6-9H2,1H3. The van der Waals surface area contributed by atoms with Gasteiger partial charge in [-0.3, -0.25) is 4.79 Å². The lowest BCUT2D eigenvalue weighted by Gasteiger charge is -2.26. The third-order valence-electron chi connectivity index (χ3n) is 3.15. The number of carbonyl (C=O) groups excluding carboxylic acids is 1. The van der Waals surface area contributed by atoms with Gasteiger partial charge in [0.2, 0.25) is 0 Å². The van der Waals surface area contributed by atoms with Gasteiger partial charge in [-0.05, 0) is 24.1 Å². The minimum atomic E-state index is -0.358. The molecule has 1 aromatic carbocycles. The molecule has 1 amide bonds. The summed E-state index contributed by atoms with van der Waals surface area (Å²) in [5, 5.41) is 19.4. The highest BCUT2D eigenvalue weighted by Gasteiger charge is 2.23. The fraction of sp³-hybridized carbons (Fsp3) is 0.357. The Balaban J connectivity index is 2.14.